The van der Waals surface area contributed by atoms with Crippen molar-refractivity contribution in [2.45, 2.75) is 51.9 Å². The van der Waals surface area contributed by atoms with Crippen molar-refractivity contribution in [1.82, 2.24) is 10.2 Å². The fourth-order valence-electron chi connectivity index (χ4n) is 4.52. The van der Waals surface area contributed by atoms with Gasteiger partial charge in [0.05, 0.1) is 5.92 Å². The summed E-state index contributed by atoms with van der Waals surface area (Å²) in [6.07, 6.45) is 4.71. The van der Waals surface area contributed by atoms with E-state index in [1.165, 1.54) is 12.0 Å². The molecule has 1 aromatic rings. The van der Waals surface area contributed by atoms with E-state index < -0.39 is 0 Å². The minimum Gasteiger partial charge on any atom is -0.342 e. The van der Waals surface area contributed by atoms with Crippen LogP contribution in [0.15, 0.2) is 24.3 Å². The lowest BCUT2D eigenvalue weighted by atomic mass is 9.92. The monoisotopic (exact) mass is 421 g/mol. The van der Waals surface area contributed by atoms with Crippen molar-refractivity contribution in [3.63, 3.8) is 0 Å². The Morgan fingerprint density at radius 1 is 1.24 bits per heavy atom. The summed E-state index contributed by atoms with van der Waals surface area (Å²) >= 11 is 0. The Balaban J connectivity index is 0.00000300. The molecule has 3 rings (SSSR count). The standard InChI is InChI=1S/C23H35N3O2.ClH/c1-4-17(2)20-7-5-6-8-21(20)26-16-19(15-22(26)27)23(28)25-13-10-18(11-14-25)9-12-24-3;/h5-8,17-19,24H,4,9-16H2,1-3H3;1H. The van der Waals surface area contributed by atoms with Gasteiger partial charge in [0.25, 0.3) is 0 Å². The lowest BCUT2D eigenvalue weighted by Crippen LogP contribution is -2.42. The molecule has 2 aliphatic heterocycles. The summed E-state index contributed by atoms with van der Waals surface area (Å²) in [5.74, 6) is 1.16. The third-order valence-electron chi connectivity index (χ3n) is 6.57. The van der Waals surface area contributed by atoms with Gasteiger partial charge in [-0.05, 0) is 62.7 Å². The average molecular weight is 422 g/mol. The van der Waals surface area contributed by atoms with Crippen LogP contribution in [-0.4, -0.2) is 49.9 Å². The fourth-order valence-corrected chi connectivity index (χ4v) is 4.52. The van der Waals surface area contributed by atoms with Gasteiger partial charge in [-0.25, -0.2) is 0 Å². The largest absolute Gasteiger partial charge is 0.342 e. The van der Waals surface area contributed by atoms with Crippen molar-refractivity contribution < 1.29 is 9.59 Å². The Labute approximate surface area is 181 Å². The number of rotatable bonds is 7. The van der Waals surface area contributed by atoms with Crippen LogP contribution in [0.3, 0.4) is 0 Å². The van der Waals surface area contributed by atoms with E-state index in [4.69, 9.17) is 0 Å². The highest BCUT2D eigenvalue weighted by molar-refractivity contribution is 6.00. The predicted octanol–water partition coefficient (Wildman–Crippen LogP) is 3.82. The van der Waals surface area contributed by atoms with Gasteiger partial charge in [0.1, 0.15) is 0 Å². The molecule has 1 aromatic carbocycles. The Kier molecular flexibility index (Phi) is 8.97. The van der Waals surface area contributed by atoms with Gasteiger partial charge in [0.2, 0.25) is 11.8 Å². The zero-order valence-electron chi connectivity index (χ0n) is 18.0. The number of halogens is 1. The number of amides is 2. The average Bonchev–Trinajstić information content (AvgIpc) is 3.13. The summed E-state index contributed by atoms with van der Waals surface area (Å²) in [6.45, 7) is 7.59. The number of piperidine rings is 1. The third-order valence-corrected chi connectivity index (χ3v) is 6.57. The van der Waals surface area contributed by atoms with E-state index in [1.807, 2.05) is 35.0 Å². The highest BCUT2D eigenvalue weighted by Gasteiger charge is 2.38. The number of para-hydroxylation sites is 1. The van der Waals surface area contributed by atoms with Crippen LogP contribution in [0, 0.1) is 11.8 Å². The molecule has 1 N–H and O–H groups in total. The van der Waals surface area contributed by atoms with Crippen LogP contribution in [0.1, 0.15) is 57.4 Å². The number of hydrogen-bond donors (Lipinski definition) is 1. The molecule has 0 saturated carbocycles. The van der Waals surface area contributed by atoms with Crippen molar-refractivity contribution in [1.29, 1.82) is 0 Å². The van der Waals surface area contributed by atoms with Crippen LogP contribution in [0.2, 0.25) is 0 Å². The molecular formula is C23H36ClN3O2. The molecule has 29 heavy (non-hydrogen) atoms. The molecule has 2 amide bonds. The molecule has 2 unspecified atom stereocenters. The Morgan fingerprint density at radius 2 is 1.93 bits per heavy atom. The maximum absolute atomic E-state index is 13.1. The van der Waals surface area contributed by atoms with Crippen LogP contribution in [0.5, 0.6) is 0 Å². The summed E-state index contributed by atoms with van der Waals surface area (Å²) in [5, 5.41) is 3.21. The van der Waals surface area contributed by atoms with Gasteiger partial charge < -0.3 is 15.1 Å². The van der Waals surface area contributed by atoms with Crippen LogP contribution in [0.25, 0.3) is 0 Å². The second-order valence-electron chi connectivity index (χ2n) is 8.43. The molecule has 2 fully saturated rings. The summed E-state index contributed by atoms with van der Waals surface area (Å²) in [7, 11) is 1.99. The Hall–Kier alpha value is -1.59. The van der Waals surface area contributed by atoms with E-state index in [1.54, 1.807) is 0 Å². The van der Waals surface area contributed by atoms with Crippen LogP contribution in [0.4, 0.5) is 5.69 Å². The number of likely N-dealkylation sites (tertiary alicyclic amines) is 1. The lowest BCUT2D eigenvalue weighted by molar-refractivity contribution is -0.137. The van der Waals surface area contributed by atoms with Crippen molar-refractivity contribution >= 4 is 29.9 Å². The quantitative estimate of drug-likeness (QED) is 0.728. The van der Waals surface area contributed by atoms with Gasteiger partial charge in [0.15, 0.2) is 0 Å². The Morgan fingerprint density at radius 3 is 2.59 bits per heavy atom. The van der Waals surface area contributed by atoms with Gasteiger partial charge in [-0.3, -0.25) is 9.59 Å². The normalized spacial score (nSPS) is 21.2. The number of benzene rings is 1. The van der Waals surface area contributed by atoms with Gasteiger partial charge >= 0.3 is 0 Å². The minimum atomic E-state index is -0.202. The number of carbonyl (C=O) groups excluding carboxylic acids is 2. The first kappa shape index (κ1) is 23.7. The second-order valence-corrected chi connectivity index (χ2v) is 8.43. The molecule has 0 aromatic heterocycles. The van der Waals surface area contributed by atoms with E-state index in [0.717, 1.165) is 44.6 Å². The molecule has 6 heteroatoms. The molecular weight excluding hydrogens is 386 g/mol. The molecule has 2 heterocycles. The van der Waals surface area contributed by atoms with E-state index in [9.17, 15) is 9.59 Å². The van der Waals surface area contributed by atoms with Crippen molar-refractivity contribution in [2.24, 2.45) is 11.8 Å². The lowest BCUT2D eigenvalue weighted by Gasteiger charge is -2.33. The first-order valence-corrected chi connectivity index (χ1v) is 10.9. The van der Waals surface area contributed by atoms with Crippen molar-refractivity contribution in [3.05, 3.63) is 29.8 Å². The van der Waals surface area contributed by atoms with E-state index in [-0.39, 0.29) is 30.1 Å². The SMILES string of the molecule is CCC(C)c1ccccc1N1CC(C(=O)N2CCC(CCNC)CC2)CC1=O.Cl. The molecule has 0 bridgehead atoms. The van der Waals surface area contributed by atoms with Crippen LogP contribution >= 0.6 is 12.4 Å². The maximum Gasteiger partial charge on any atom is 0.228 e. The summed E-state index contributed by atoms with van der Waals surface area (Å²) in [6, 6.07) is 8.16. The molecule has 2 aliphatic rings. The molecule has 5 nitrogen and oxygen atoms in total. The summed E-state index contributed by atoms with van der Waals surface area (Å²) in [5.41, 5.74) is 2.19. The number of anilines is 1. The van der Waals surface area contributed by atoms with Crippen LogP contribution in [-0.2, 0) is 9.59 Å². The van der Waals surface area contributed by atoms with Gasteiger partial charge in [-0.1, -0.05) is 32.0 Å². The fraction of sp³-hybridized carbons (Fsp3) is 0.652. The van der Waals surface area contributed by atoms with E-state index in [2.05, 4.69) is 25.2 Å². The second kappa shape index (κ2) is 11.0. The third kappa shape index (κ3) is 5.52. The topological polar surface area (TPSA) is 52.7 Å². The van der Waals surface area contributed by atoms with Crippen molar-refractivity contribution in [3.8, 4) is 0 Å². The number of nitrogens with one attached hydrogen (secondary N) is 1. The first-order valence-electron chi connectivity index (χ1n) is 10.9. The summed E-state index contributed by atoms with van der Waals surface area (Å²) in [4.78, 5) is 29.7. The first-order chi connectivity index (χ1) is 13.5. The number of nitrogens with zero attached hydrogens (tertiary/aromatic N) is 2. The van der Waals surface area contributed by atoms with Crippen LogP contribution < -0.4 is 10.2 Å². The maximum atomic E-state index is 13.1. The highest BCUT2D eigenvalue weighted by atomic mass is 35.5. The zero-order valence-corrected chi connectivity index (χ0v) is 18.8. The predicted molar refractivity (Wildman–Crippen MR) is 121 cm³/mol. The molecule has 162 valence electrons. The number of hydrogen-bond acceptors (Lipinski definition) is 3. The van der Waals surface area contributed by atoms with Gasteiger partial charge in [-0.15, -0.1) is 12.4 Å². The Bertz CT molecular complexity index is 688. The molecule has 2 atom stereocenters. The van der Waals surface area contributed by atoms with E-state index in [0.29, 0.717) is 24.8 Å². The molecule has 0 radical (unpaired) electrons. The van der Waals surface area contributed by atoms with E-state index >= 15 is 0 Å². The van der Waals surface area contributed by atoms with Gasteiger partial charge in [0, 0.05) is 31.7 Å². The zero-order chi connectivity index (χ0) is 20.1. The molecule has 0 spiro atoms. The smallest absolute Gasteiger partial charge is 0.228 e. The molecule has 0 aliphatic carbocycles. The molecule has 2 saturated heterocycles. The van der Waals surface area contributed by atoms with Crippen molar-refractivity contribution in [2.75, 3.05) is 38.1 Å². The number of carbonyl (C=O) groups is 2. The summed E-state index contributed by atoms with van der Waals surface area (Å²) < 4.78 is 0. The highest BCUT2D eigenvalue weighted by Crippen LogP contribution is 2.34. The minimum absolute atomic E-state index is 0. The van der Waals surface area contributed by atoms with Gasteiger partial charge in [-0.2, -0.15) is 0 Å².